The molecule has 0 unspecified atom stereocenters. The molecule has 0 bridgehead atoms. The summed E-state index contributed by atoms with van der Waals surface area (Å²) in [6, 6.07) is 19.0. The van der Waals surface area contributed by atoms with Crippen LogP contribution in [0.3, 0.4) is 0 Å². The number of nitrogens with zero attached hydrogens (tertiary/aromatic N) is 2. The Morgan fingerprint density at radius 2 is 1.61 bits per heavy atom. The molecule has 0 aliphatic carbocycles. The van der Waals surface area contributed by atoms with Crippen molar-refractivity contribution < 1.29 is 14.0 Å². The van der Waals surface area contributed by atoms with E-state index in [0.717, 1.165) is 11.1 Å². The summed E-state index contributed by atoms with van der Waals surface area (Å²) < 4.78 is 5.51. The van der Waals surface area contributed by atoms with Gasteiger partial charge in [0.15, 0.2) is 5.78 Å². The minimum atomic E-state index is -0.0109. The molecule has 142 valence electrons. The Hall–Kier alpha value is -3.21. The highest BCUT2D eigenvalue weighted by Gasteiger charge is 2.28. The number of Topliss-reactive ketones (excluding diaryl/α,β-unsaturated/α-hetero) is 1. The van der Waals surface area contributed by atoms with Crippen LogP contribution < -0.4 is 0 Å². The summed E-state index contributed by atoms with van der Waals surface area (Å²) in [7, 11) is 0. The molecule has 3 aromatic rings. The molecular weight excluding hydrogens is 352 g/mol. The van der Waals surface area contributed by atoms with Crippen LogP contribution in [0.25, 0.3) is 11.5 Å². The van der Waals surface area contributed by atoms with Crippen LogP contribution in [0.4, 0.5) is 0 Å². The minimum Gasteiger partial charge on any atom is -0.444 e. The average molecular weight is 374 g/mol. The van der Waals surface area contributed by atoms with E-state index in [-0.39, 0.29) is 24.0 Å². The molecule has 0 N–H and O–H groups in total. The van der Waals surface area contributed by atoms with E-state index in [1.165, 1.54) is 0 Å². The number of amides is 1. The van der Waals surface area contributed by atoms with E-state index in [4.69, 9.17) is 4.42 Å². The quantitative estimate of drug-likeness (QED) is 0.633. The topological polar surface area (TPSA) is 63.4 Å². The lowest BCUT2D eigenvalue weighted by Gasteiger charge is -2.31. The van der Waals surface area contributed by atoms with Crippen LogP contribution in [0.5, 0.6) is 0 Å². The molecule has 5 nitrogen and oxygen atoms in total. The van der Waals surface area contributed by atoms with Crippen LogP contribution in [0.2, 0.25) is 0 Å². The lowest BCUT2D eigenvalue weighted by molar-refractivity contribution is -0.131. The first kappa shape index (κ1) is 18.2. The summed E-state index contributed by atoms with van der Waals surface area (Å²) in [5.41, 5.74) is 2.27. The van der Waals surface area contributed by atoms with Crippen molar-refractivity contribution in [2.75, 3.05) is 13.1 Å². The maximum Gasteiger partial charge on any atom is 0.228 e. The van der Waals surface area contributed by atoms with Gasteiger partial charge in [-0.2, -0.15) is 0 Å². The summed E-state index contributed by atoms with van der Waals surface area (Å²) in [5, 5.41) is 0. The number of hydrogen-bond donors (Lipinski definition) is 0. The van der Waals surface area contributed by atoms with E-state index in [9.17, 15) is 9.59 Å². The highest BCUT2D eigenvalue weighted by Crippen LogP contribution is 2.23. The molecule has 28 heavy (non-hydrogen) atoms. The number of ketones is 1. The third-order valence-electron chi connectivity index (χ3n) is 5.18. The van der Waals surface area contributed by atoms with Gasteiger partial charge in [-0.05, 0) is 25.0 Å². The van der Waals surface area contributed by atoms with Gasteiger partial charge in [0.1, 0.15) is 6.26 Å². The van der Waals surface area contributed by atoms with E-state index in [1.807, 2.05) is 65.6 Å². The van der Waals surface area contributed by atoms with Gasteiger partial charge in [-0.15, -0.1) is 0 Å². The third kappa shape index (κ3) is 4.03. The summed E-state index contributed by atoms with van der Waals surface area (Å²) in [4.78, 5) is 31.5. The molecule has 1 aliphatic heterocycles. The van der Waals surface area contributed by atoms with E-state index < -0.39 is 0 Å². The fraction of sp³-hybridized carbons (Fsp3) is 0.261. The highest BCUT2D eigenvalue weighted by atomic mass is 16.3. The Morgan fingerprint density at radius 3 is 2.29 bits per heavy atom. The van der Waals surface area contributed by atoms with Crippen molar-refractivity contribution in [1.29, 1.82) is 0 Å². The van der Waals surface area contributed by atoms with Gasteiger partial charge >= 0.3 is 0 Å². The van der Waals surface area contributed by atoms with Gasteiger partial charge in [0.05, 0.1) is 12.1 Å². The summed E-state index contributed by atoms with van der Waals surface area (Å²) >= 11 is 0. The van der Waals surface area contributed by atoms with Crippen LogP contribution in [0.1, 0.15) is 28.9 Å². The lowest BCUT2D eigenvalue weighted by atomic mass is 9.89. The van der Waals surface area contributed by atoms with Gasteiger partial charge in [0.25, 0.3) is 0 Å². The number of rotatable bonds is 5. The first-order valence-electron chi connectivity index (χ1n) is 9.57. The summed E-state index contributed by atoms with van der Waals surface area (Å²) in [6.45, 7) is 1.21. The molecular formula is C23H22N2O3. The molecule has 1 amide bonds. The number of benzene rings is 2. The summed E-state index contributed by atoms with van der Waals surface area (Å²) in [5.74, 6) is 0.717. The second-order valence-electron chi connectivity index (χ2n) is 7.07. The number of carbonyl (C=O) groups is 2. The smallest absolute Gasteiger partial charge is 0.228 e. The maximum atomic E-state index is 12.6. The fourth-order valence-electron chi connectivity index (χ4n) is 3.60. The molecule has 0 atom stereocenters. The fourth-order valence-corrected chi connectivity index (χ4v) is 3.60. The number of oxazole rings is 1. The van der Waals surface area contributed by atoms with Crippen molar-refractivity contribution in [3.8, 4) is 11.5 Å². The predicted octanol–water partition coefficient (Wildman–Crippen LogP) is 4.01. The molecule has 0 radical (unpaired) electrons. The Bertz CT molecular complexity index is 942. The Morgan fingerprint density at radius 1 is 0.964 bits per heavy atom. The summed E-state index contributed by atoms with van der Waals surface area (Å²) in [6.07, 6.45) is 3.17. The molecule has 1 aliphatic rings. The standard InChI is InChI=1S/C23H22N2O3/c26-21(15-20-16-28-23(24-20)19-9-5-2-6-10-19)25-13-11-18(12-14-25)22(27)17-7-3-1-4-8-17/h1-10,16,18H,11-15H2. The maximum absolute atomic E-state index is 12.6. The second kappa shape index (κ2) is 8.21. The Balaban J connectivity index is 1.32. The van der Waals surface area contributed by atoms with E-state index in [1.54, 1.807) is 6.26 Å². The van der Waals surface area contributed by atoms with Crippen molar-refractivity contribution >= 4 is 11.7 Å². The zero-order valence-corrected chi connectivity index (χ0v) is 15.6. The van der Waals surface area contributed by atoms with Crippen molar-refractivity contribution in [3.05, 3.63) is 78.2 Å². The SMILES string of the molecule is O=C(c1ccccc1)C1CCN(C(=O)Cc2coc(-c3ccccc3)n2)CC1. The Labute approximate surface area is 164 Å². The van der Waals surface area contributed by atoms with Crippen LogP contribution in [0.15, 0.2) is 71.3 Å². The molecule has 1 saturated heterocycles. The first-order valence-corrected chi connectivity index (χ1v) is 9.57. The van der Waals surface area contributed by atoms with E-state index in [0.29, 0.717) is 37.5 Å². The minimum absolute atomic E-state index is 0.0109. The molecule has 2 heterocycles. The van der Waals surface area contributed by atoms with Gasteiger partial charge in [0.2, 0.25) is 11.8 Å². The van der Waals surface area contributed by atoms with Crippen molar-refractivity contribution in [2.45, 2.75) is 19.3 Å². The highest BCUT2D eigenvalue weighted by molar-refractivity contribution is 5.98. The van der Waals surface area contributed by atoms with Crippen LogP contribution in [-0.2, 0) is 11.2 Å². The van der Waals surface area contributed by atoms with Crippen LogP contribution in [0, 0.1) is 5.92 Å². The third-order valence-corrected chi connectivity index (χ3v) is 5.18. The molecule has 1 fully saturated rings. The first-order chi connectivity index (χ1) is 13.7. The van der Waals surface area contributed by atoms with Crippen LogP contribution >= 0.6 is 0 Å². The van der Waals surface area contributed by atoms with E-state index >= 15 is 0 Å². The predicted molar refractivity (Wildman–Crippen MR) is 106 cm³/mol. The number of carbonyl (C=O) groups excluding carboxylic acids is 2. The van der Waals surface area contributed by atoms with Crippen molar-refractivity contribution in [2.24, 2.45) is 5.92 Å². The number of aromatic nitrogens is 1. The Kier molecular flexibility index (Phi) is 5.33. The van der Waals surface area contributed by atoms with Crippen molar-refractivity contribution in [3.63, 3.8) is 0 Å². The van der Waals surface area contributed by atoms with Gasteiger partial charge in [-0.25, -0.2) is 4.98 Å². The van der Waals surface area contributed by atoms with Gasteiger partial charge in [-0.1, -0.05) is 48.5 Å². The average Bonchev–Trinajstić information content (AvgIpc) is 3.23. The van der Waals surface area contributed by atoms with Gasteiger partial charge < -0.3 is 9.32 Å². The molecule has 2 aromatic carbocycles. The molecule has 5 heteroatoms. The lowest BCUT2D eigenvalue weighted by Crippen LogP contribution is -2.41. The monoisotopic (exact) mass is 374 g/mol. The van der Waals surface area contributed by atoms with E-state index in [2.05, 4.69) is 4.98 Å². The molecule has 1 aromatic heterocycles. The zero-order valence-electron chi connectivity index (χ0n) is 15.6. The molecule has 4 rings (SSSR count). The number of piperidine rings is 1. The molecule has 0 spiro atoms. The van der Waals surface area contributed by atoms with Gasteiger partial charge in [-0.3, -0.25) is 9.59 Å². The number of likely N-dealkylation sites (tertiary alicyclic amines) is 1. The zero-order chi connectivity index (χ0) is 19.3. The van der Waals surface area contributed by atoms with Crippen molar-refractivity contribution in [1.82, 2.24) is 9.88 Å². The largest absolute Gasteiger partial charge is 0.444 e. The second-order valence-corrected chi connectivity index (χ2v) is 7.07. The normalized spacial score (nSPS) is 14.8. The molecule has 0 saturated carbocycles. The van der Waals surface area contributed by atoms with Crippen LogP contribution in [-0.4, -0.2) is 34.7 Å². The van der Waals surface area contributed by atoms with Gasteiger partial charge in [0, 0.05) is 30.1 Å². The number of hydrogen-bond acceptors (Lipinski definition) is 4.